The zero-order valence-corrected chi connectivity index (χ0v) is 12.9. The maximum absolute atomic E-state index is 11.0. The van der Waals surface area contributed by atoms with Gasteiger partial charge in [0, 0.05) is 16.6 Å². The molecule has 3 rings (SSSR count). The number of benzene rings is 2. The van der Waals surface area contributed by atoms with Crippen molar-refractivity contribution >= 4 is 32.3 Å². The van der Waals surface area contributed by atoms with Gasteiger partial charge >= 0.3 is 0 Å². The van der Waals surface area contributed by atoms with Crippen molar-refractivity contribution in [2.45, 2.75) is 4.90 Å². The fourth-order valence-electron chi connectivity index (χ4n) is 1.91. The molecule has 112 valence electrons. The predicted molar refractivity (Wildman–Crippen MR) is 87.1 cm³/mol. The lowest BCUT2D eigenvalue weighted by Gasteiger charge is -2.03. The summed E-state index contributed by atoms with van der Waals surface area (Å²) in [6, 6.07) is 15.7. The Balaban J connectivity index is 1.78. The van der Waals surface area contributed by atoms with Crippen LogP contribution >= 0.6 is 11.3 Å². The minimum atomic E-state index is -4.17. The number of hydrogen-bond acceptors (Lipinski definition) is 5. The van der Waals surface area contributed by atoms with E-state index in [1.807, 2.05) is 35.7 Å². The van der Waals surface area contributed by atoms with Gasteiger partial charge in [-0.2, -0.15) is 8.42 Å². The number of rotatable bonds is 4. The summed E-state index contributed by atoms with van der Waals surface area (Å²) < 4.78 is 30.9. The molecule has 0 bridgehead atoms. The van der Waals surface area contributed by atoms with Crippen LogP contribution in [-0.4, -0.2) is 18.0 Å². The quantitative estimate of drug-likeness (QED) is 0.710. The van der Waals surface area contributed by atoms with Crippen molar-refractivity contribution in [3.63, 3.8) is 0 Å². The summed E-state index contributed by atoms with van der Waals surface area (Å²) in [5, 5.41) is 5.76. The lowest BCUT2D eigenvalue weighted by atomic mass is 10.2. The zero-order valence-electron chi connectivity index (χ0n) is 11.3. The van der Waals surface area contributed by atoms with Gasteiger partial charge in [-0.1, -0.05) is 30.3 Å². The van der Waals surface area contributed by atoms with E-state index < -0.39 is 10.1 Å². The van der Waals surface area contributed by atoms with E-state index in [-0.39, 0.29) is 4.90 Å². The van der Waals surface area contributed by atoms with Crippen LogP contribution in [0.3, 0.4) is 0 Å². The number of hydrogen-bond donors (Lipinski definition) is 2. The zero-order chi connectivity index (χ0) is 15.6. The number of anilines is 2. The van der Waals surface area contributed by atoms with Crippen LogP contribution in [0, 0.1) is 0 Å². The number of aromatic nitrogens is 1. The van der Waals surface area contributed by atoms with Crippen LogP contribution < -0.4 is 5.32 Å². The summed E-state index contributed by atoms with van der Waals surface area (Å²) in [4.78, 5) is 4.35. The topological polar surface area (TPSA) is 79.3 Å². The van der Waals surface area contributed by atoms with Crippen molar-refractivity contribution in [3.05, 3.63) is 60.0 Å². The van der Waals surface area contributed by atoms with E-state index >= 15 is 0 Å². The first kappa shape index (κ1) is 14.7. The Kier molecular flexibility index (Phi) is 3.93. The van der Waals surface area contributed by atoms with Crippen LogP contribution in [0.25, 0.3) is 11.3 Å². The largest absolute Gasteiger partial charge is 0.332 e. The van der Waals surface area contributed by atoms with E-state index in [4.69, 9.17) is 4.55 Å². The van der Waals surface area contributed by atoms with Crippen molar-refractivity contribution < 1.29 is 13.0 Å². The van der Waals surface area contributed by atoms with Gasteiger partial charge in [-0.25, -0.2) is 4.98 Å². The van der Waals surface area contributed by atoms with Crippen LogP contribution in [0.2, 0.25) is 0 Å². The van der Waals surface area contributed by atoms with Gasteiger partial charge < -0.3 is 5.32 Å². The average molecular weight is 332 g/mol. The molecule has 2 aromatic carbocycles. The Bertz CT molecular complexity index is 873. The van der Waals surface area contributed by atoms with Gasteiger partial charge in [-0.15, -0.1) is 11.3 Å². The highest BCUT2D eigenvalue weighted by Crippen LogP contribution is 2.27. The molecule has 0 saturated heterocycles. The molecule has 0 unspecified atom stereocenters. The van der Waals surface area contributed by atoms with Gasteiger partial charge in [0.25, 0.3) is 10.1 Å². The third-order valence-electron chi connectivity index (χ3n) is 2.98. The van der Waals surface area contributed by atoms with Gasteiger partial charge in [0.05, 0.1) is 10.6 Å². The third-order valence-corrected chi connectivity index (χ3v) is 4.60. The van der Waals surface area contributed by atoms with E-state index in [1.54, 1.807) is 12.1 Å². The molecule has 0 radical (unpaired) electrons. The molecule has 3 aromatic rings. The number of nitrogens with zero attached hydrogens (tertiary/aromatic N) is 1. The molecule has 0 spiro atoms. The lowest BCUT2D eigenvalue weighted by molar-refractivity contribution is 0.483. The SMILES string of the molecule is O=S(=O)(O)c1ccc(Nc2nc(-c3ccccc3)cs2)cc1. The Labute approximate surface area is 132 Å². The van der Waals surface area contributed by atoms with Crippen molar-refractivity contribution in [1.82, 2.24) is 4.98 Å². The maximum Gasteiger partial charge on any atom is 0.294 e. The smallest absolute Gasteiger partial charge is 0.294 e. The Hall–Kier alpha value is -2.22. The molecule has 0 atom stereocenters. The highest BCUT2D eigenvalue weighted by atomic mass is 32.2. The van der Waals surface area contributed by atoms with E-state index in [0.717, 1.165) is 11.3 Å². The van der Waals surface area contributed by atoms with Gasteiger partial charge in [0.15, 0.2) is 5.13 Å². The second-order valence-corrected chi connectivity index (χ2v) is 6.81. The minimum absolute atomic E-state index is 0.137. The van der Waals surface area contributed by atoms with Crippen molar-refractivity contribution in [3.8, 4) is 11.3 Å². The highest BCUT2D eigenvalue weighted by Gasteiger charge is 2.09. The number of nitrogens with one attached hydrogen (secondary N) is 1. The first-order valence-electron chi connectivity index (χ1n) is 6.38. The molecule has 5 nitrogen and oxygen atoms in total. The first-order valence-corrected chi connectivity index (χ1v) is 8.70. The Morgan fingerprint density at radius 2 is 1.68 bits per heavy atom. The summed E-state index contributed by atoms with van der Waals surface area (Å²) in [5.74, 6) is 0. The molecular formula is C15H12N2O3S2. The lowest BCUT2D eigenvalue weighted by Crippen LogP contribution is -1.98. The molecular weight excluding hydrogens is 320 g/mol. The van der Waals surface area contributed by atoms with Crippen LogP contribution in [0.5, 0.6) is 0 Å². The van der Waals surface area contributed by atoms with Crippen LogP contribution in [0.4, 0.5) is 10.8 Å². The monoisotopic (exact) mass is 332 g/mol. The van der Waals surface area contributed by atoms with Gasteiger partial charge in [-0.3, -0.25) is 4.55 Å². The minimum Gasteiger partial charge on any atom is -0.332 e. The van der Waals surface area contributed by atoms with Crippen LogP contribution in [0.1, 0.15) is 0 Å². The molecule has 0 amide bonds. The molecule has 0 aliphatic carbocycles. The summed E-state index contributed by atoms with van der Waals surface area (Å²) in [5.41, 5.74) is 2.61. The van der Waals surface area contributed by atoms with Crippen molar-refractivity contribution in [1.29, 1.82) is 0 Å². The van der Waals surface area contributed by atoms with E-state index in [2.05, 4.69) is 10.3 Å². The van der Waals surface area contributed by atoms with Gasteiger partial charge in [0.1, 0.15) is 0 Å². The fraction of sp³-hybridized carbons (Fsp3) is 0. The van der Waals surface area contributed by atoms with Crippen molar-refractivity contribution in [2.24, 2.45) is 0 Å². The molecule has 1 aromatic heterocycles. The first-order chi connectivity index (χ1) is 10.5. The second-order valence-electron chi connectivity index (χ2n) is 4.53. The average Bonchev–Trinajstić information content (AvgIpc) is 2.96. The van der Waals surface area contributed by atoms with E-state index in [9.17, 15) is 8.42 Å². The Morgan fingerprint density at radius 1 is 1.00 bits per heavy atom. The fourth-order valence-corrected chi connectivity index (χ4v) is 3.13. The van der Waals surface area contributed by atoms with E-state index in [0.29, 0.717) is 10.8 Å². The maximum atomic E-state index is 11.0. The molecule has 0 saturated carbocycles. The molecule has 7 heteroatoms. The van der Waals surface area contributed by atoms with Crippen molar-refractivity contribution in [2.75, 3.05) is 5.32 Å². The summed E-state index contributed by atoms with van der Waals surface area (Å²) in [7, 11) is -4.17. The molecule has 22 heavy (non-hydrogen) atoms. The molecule has 0 fully saturated rings. The predicted octanol–water partition coefficient (Wildman–Crippen LogP) is 3.80. The van der Waals surface area contributed by atoms with Gasteiger partial charge in [0.2, 0.25) is 0 Å². The second kappa shape index (κ2) is 5.88. The number of thiazole rings is 1. The summed E-state index contributed by atoms with van der Waals surface area (Å²) in [6.07, 6.45) is 0. The summed E-state index contributed by atoms with van der Waals surface area (Å²) >= 11 is 1.46. The summed E-state index contributed by atoms with van der Waals surface area (Å²) in [6.45, 7) is 0. The van der Waals surface area contributed by atoms with E-state index in [1.165, 1.54) is 23.5 Å². The molecule has 1 heterocycles. The Morgan fingerprint density at radius 3 is 2.32 bits per heavy atom. The molecule has 0 aliphatic heterocycles. The third kappa shape index (κ3) is 3.33. The highest BCUT2D eigenvalue weighted by molar-refractivity contribution is 7.85. The van der Waals surface area contributed by atoms with Crippen LogP contribution in [0.15, 0.2) is 64.9 Å². The van der Waals surface area contributed by atoms with Gasteiger partial charge in [-0.05, 0) is 24.3 Å². The standard InChI is InChI=1S/C15H12N2O3S2/c18-22(19,20)13-8-6-12(7-9-13)16-15-17-14(10-21-15)11-4-2-1-3-5-11/h1-10H,(H,16,17)(H,18,19,20). The molecule has 2 N–H and O–H groups in total. The normalized spacial score (nSPS) is 11.3. The molecule has 0 aliphatic rings. The van der Waals surface area contributed by atoms with Crippen LogP contribution in [-0.2, 0) is 10.1 Å².